The summed E-state index contributed by atoms with van der Waals surface area (Å²) in [6.07, 6.45) is 4.80. The maximum Gasteiger partial charge on any atom is 0.323 e. The molecule has 1 unspecified atom stereocenters. The third kappa shape index (κ3) is 3.31. The molecule has 1 atom stereocenters. The molecule has 2 N–H and O–H groups in total. The summed E-state index contributed by atoms with van der Waals surface area (Å²) in [4.78, 5) is 18.9. The van der Waals surface area contributed by atoms with Gasteiger partial charge in [-0.3, -0.25) is 9.78 Å². The summed E-state index contributed by atoms with van der Waals surface area (Å²) in [7, 11) is 1.31. The van der Waals surface area contributed by atoms with Crippen LogP contribution in [0.4, 0.5) is 0 Å². The molecule has 0 spiro atoms. The highest BCUT2D eigenvalue weighted by molar-refractivity contribution is 7.99. The third-order valence-corrected chi connectivity index (χ3v) is 2.49. The number of nitrogens with zero attached hydrogens (tertiary/aromatic N) is 2. The number of carbonyl (C=O) groups is 1. The van der Waals surface area contributed by atoms with Crippen molar-refractivity contribution in [1.82, 2.24) is 9.97 Å². The smallest absolute Gasteiger partial charge is 0.323 e. The zero-order valence-corrected chi connectivity index (χ0v) is 8.53. The second-order valence-corrected chi connectivity index (χ2v) is 3.52. The fraction of sp³-hybridized carbons (Fsp3) is 0.375. The average molecular weight is 213 g/mol. The highest BCUT2D eigenvalue weighted by Crippen LogP contribution is 2.13. The molecule has 76 valence electrons. The van der Waals surface area contributed by atoms with Gasteiger partial charge in [0.15, 0.2) is 0 Å². The first-order valence-electron chi connectivity index (χ1n) is 3.96. The van der Waals surface area contributed by atoms with E-state index in [0.29, 0.717) is 5.75 Å². The van der Waals surface area contributed by atoms with Crippen LogP contribution in [0, 0.1) is 0 Å². The van der Waals surface area contributed by atoms with E-state index in [-0.39, 0.29) is 0 Å². The molecule has 0 aliphatic rings. The molecule has 1 aromatic rings. The lowest BCUT2D eigenvalue weighted by Crippen LogP contribution is -2.33. The van der Waals surface area contributed by atoms with Gasteiger partial charge >= 0.3 is 5.97 Å². The highest BCUT2D eigenvalue weighted by Gasteiger charge is 2.13. The molecule has 6 heteroatoms. The maximum atomic E-state index is 10.9. The summed E-state index contributed by atoms with van der Waals surface area (Å²) in [5.74, 6) is 0.0205. The van der Waals surface area contributed by atoms with Crippen LogP contribution in [0.1, 0.15) is 0 Å². The van der Waals surface area contributed by atoms with Crippen molar-refractivity contribution in [2.75, 3.05) is 12.9 Å². The Morgan fingerprint density at radius 1 is 1.71 bits per heavy atom. The monoisotopic (exact) mass is 213 g/mol. The standard InChI is InChI=1S/C8H11N3O2S/c1-13-8(12)6(9)5-14-7-4-10-2-3-11-7/h2-4,6H,5,9H2,1H3. The molecule has 1 heterocycles. The molecular formula is C8H11N3O2S. The SMILES string of the molecule is COC(=O)C(N)CSc1cnccn1. The van der Waals surface area contributed by atoms with Gasteiger partial charge in [-0.05, 0) is 0 Å². The molecule has 0 saturated heterocycles. The Hall–Kier alpha value is -1.14. The lowest BCUT2D eigenvalue weighted by molar-refractivity contribution is -0.141. The van der Waals surface area contributed by atoms with Crippen molar-refractivity contribution in [2.45, 2.75) is 11.1 Å². The van der Waals surface area contributed by atoms with E-state index in [0.717, 1.165) is 5.03 Å². The lowest BCUT2D eigenvalue weighted by Gasteiger charge is -2.07. The van der Waals surface area contributed by atoms with Crippen molar-refractivity contribution in [3.63, 3.8) is 0 Å². The molecule has 0 radical (unpaired) electrons. The Labute approximate surface area is 86.1 Å². The largest absolute Gasteiger partial charge is 0.468 e. The fourth-order valence-electron chi connectivity index (χ4n) is 0.755. The number of thioether (sulfide) groups is 1. The van der Waals surface area contributed by atoms with Gasteiger partial charge in [0, 0.05) is 18.1 Å². The summed E-state index contributed by atoms with van der Waals surface area (Å²) in [5.41, 5.74) is 5.53. The van der Waals surface area contributed by atoms with Crippen LogP contribution in [0.25, 0.3) is 0 Å². The number of aromatic nitrogens is 2. The van der Waals surface area contributed by atoms with Crippen LogP contribution >= 0.6 is 11.8 Å². The van der Waals surface area contributed by atoms with Crippen LogP contribution in [0.15, 0.2) is 23.6 Å². The molecule has 0 fully saturated rings. The predicted octanol–water partition coefficient (Wildman–Crippen LogP) is 0.0690. The second kappa shape index (κ2) is 5.56. The number of nitrogens with two attached hydrogens (primary N) is 1. The highest BCUT2D eigenvalue weighted by atomic mass is 32.2. The fourth-order valence-corrected chi connectivity index (χ4v) is 1.51. The van der Waals surface area contributed by atoms with Crippen LogP contribution in [0.3, 0.4) is 0 Å². The van der Waals surface area contributed by atoms with E-state index in [1.54, 1.807) is 18.6 Å². The molecule has 0 aromatic carbocycles. The van der Waals surface area contributed by atoms with Crippen LogP contribution < -0.4 is 5.73 Å². The van der Waals surface area contributed by atoms with E-state index in [4.69, 9.17) is 5.73 Å². The van der Waals surface area contributed by atoms with E-state index >= 15 is 0 Å². The number of hydrogen-bond donors (Lipinski definition) is 1. The minimum Gasteiger partial charge on any atom is -0.468 e. The van der Waals surface area contributed by atoms with Crippen LogP contribution in [0.2, 0.25) is 0 Å². The Kier molecular flexibility index (Phi) is 4.34. The summed E-state index contributed by atoms with van der Waals surface area (Å²) >= 11 is 1.37. The Balaban J connectivity index is 2.38. The average Bonchev–Trinajstić information content (AvgIpc) is 2.26. The molecule has 0 aliphatic heterocycles. The number of ether oxygens (including phenoxy) is 1. The normalized spacial score (nSPS) is 12.1. The first-order chi connectivity index (χ1) is 6.74. The zero-order valence-electron chi connectivity index (χ0n) is 7.71. The molecule has 1 rings (SSSR count). The minimum absolute atomic E-state index is 0.415. The van der Waals surface area contributed by atoms with Crippen LogP contribution in [0.5, 0.6) is 0 Å². The van der Waals surface area contributed by atoms with Gasteiger partial charge in [0.2, 0.25) is 0 Å². The molecule has 0 amide bonds. The molecule has 0 aliphatic carbocycles. The Bertz CT molecular complexity index is 294. The van der Waals surface area contributed by atoms with Gasteiger partial charge in [0.05, 0.1) is 13.3 Å². The van der Waals surface area contributed by atoms with Crippen molar-refractivity contribution in [3.8, 4) is 0 Å². The third-order valence-electron chi connectivity index (χ3n) is 1.45. The predicted molar refractivity (Wildman–Crippen MR) is 52.7 cm³/mol. The van der Waals surface area contributed by atoms with Crippen molar-refractivity contribution < 1.29 is 9.53 Å². The van der Waals surface area contributed by atoms with Gasteiger partial charge in [0.25, 0.3) is 0 Å². The Morgan fingerprint density at radius 2 is 2.50 bits per heavy atom. The summed E-state index contributed by atoms with van der Waals surface area (Å²) in [6.45, 7) is 0. The van der Waals surface area contributed by atoms with Gasteiger partial charge in [-0.2, -0.15) is 0 Å². The molecule has 14 heavy (non-hydrogen) atoms. The molecule has 5 nitrogen and oxygen atoms in total. The molecule has 0 bridgehead atoms. The molecular weight excluding hydrogens is 202 g/mol. The number of esters is 1. The van der Waals surface area contributed by atoms with Crippen molar-refractivity contribution >= 4 is 17.7 Å². The molecule has 1 aromatic heterocycles. The number of hydrogen-bond acceptors (Lipinski definition) is 6. The van der Waals surface area contributed by atoms with Crippen molar-refractivity contribution in [3.05, 3.63) is 18.6 Å². The van der Waals surface area contributed by atoms with Gasteiger partial charge in [-0.1, -0.05) is 0 Å². The van der Waals surface area contributed by atoms with E-state index in [1.807, 2.05) is 0 Å². The maximum absolute atomic E-state index is 10.9. The van der Waals surface area contributed by atoms with Crippen molar-refractivity contribution in [2.24, 2.45) is 5.73 Å². The van der Waals surface area contributed by atoms with E-state index < -0.39 is 12.0 Å². The summed E-state index contributed by atoms with van der Waals surface area (Å²) in [6, 6.07) is -0.619. The van der Waals surface area contributed by atoms with Crippen LogP contribution in [-0.2, 0) is 9.53 Å². The second-order valence-electron chi connectivity index (χ2n) is 2.48. The first-order valence-corrected chi connectivity index (χ1v) is 4.95. The van der Waals surface area contributed by atoms with E-state index in [1.165, 1.54) is 18.9 Å². The quantitative estimate of drug-likeness (QED) is 0.563. The summed E-state index contributed by atoms with van der Waals surface area (Å²) in [5, 5.41) is 0.742. The summed E-state index contributed by atoms with van der Waals surface area (Å²) < 4.78 is 4.49. The Morgan fingerprint density at radius 3 is 3.07 bits per heavy atom. The van der Waals surface area contributed by atoms with Gasteiger partial charge in [-0.25, -0.2) is 4.98 Å². The van der Waals surface area contributed by atoms with Crippen LogP contribution in [-0.4, -0.2) is 34.8 Å². The van der Waals surface area contributed by atoms with Crippen molar-refractivity contribution in [1.29, 1.82) is 0 Å². The number of carbonyl (C=O) groups excluding carboxylic acids is 1. The van der Waals surface area contributed by atoms with E-state index in [9.17, 15) is 4.79 Å². The molecule has 0 saturated carbocycles. The first kappa shape index (κ1) is 10.9. The van der Waals surface area contributed by atoms with Gasteiger partial charge in [-0.15, -0.1) is 11.8 Å². The van der Waals surface area contributed by atoms with Gasteiger partial charge in [0.1, 0.15) is 11.1 Å². The lowest BCUT2D eigenvalue weighted by atomic mass is 10.4. The van der Waals surface area contributed by atoms with E-state index in [2.05, 4.69) is 14.7 Å². The topological polar surface area (TPSA) is 78.1 Å². The zero-order chi connectivity index (χ0) is 10.4. The van der Waals surface area contributed by atoms with Gasteiger partial charge < -0.3 is 10.5 Å². The number of rotatable bonds is 4. The number of methoxy groups -OCH3 is 1. The minimum atomic E-state index is -0.619.